The van der Waals surface area contributed by atoms with Crippen LogP contribution in [0.3, 0.4) is 0 Å². The number of nitrogens with two attached hydrogens (primary N) is 1. The van der Waals surface area contributed by atoms with Gasteiger partial charge in [-0.2, -0.15) is 0 Å². The average molecular weight is 474 g/mol. The van der Waals surface area contributed by atoms with Gasteiger partial charge in [0.1, 0.15) is 12.7 Å². The fourth-order valence-electron chi connectivity index (χ4n) is 4.89. The molecule has 1 amide bonds. The van der Waals surface area contributed by atoms with Crippen LogP contribution in [0.15, 0.2) is 16.9 Å². The topological polar surface area (TPSA) is 97.7 Å². The van der Waals surface area contributed by atoms with Gasteiger partial charge < -0.3 is 25.1 Å². The molecule has 33 heavy (non-hydrogen) atoms. The third-order valence-corrected chi connectivity index (χ3v) is 7.19. The highest BCUT2D eigenvalue weighted by molar-refractivity contribution is 6.32. The van der Waals surface area contributed by atoms with Crippen molar-refractivity contribution >= 4 is 17.5 Å². The molecule has 2 heterocycles. The number of carbonyl (C=O) groups is 1. The van der Waals surface area contributed by atoms with Gasteiger partial charge in [0.05, 0.1) is 11.6 Å². The summed E-state index contributed by atoms with van der Waals surface area (Å²) in [5, 5.41) is 0.348. The summed E-state index contributed by atoms with van der Waals surface area (Å²) in [6, 6.07) is 3.79. The molecule has 1 fully saturated rings. The van der Waals surface area contributed by atoms with Crippen molar-refractivity contribution in [3.63, 3.8) is 0 Å². The van der Waals surface area contributed by atoms with Gasteiger partial charge in [0.25, 0.3) is 11.5 Å². The van der Waals surface area contributed by atoms with Gasteiger partial charge in [0.15, 0.2) is 11.5 Å². The summed E-state index contributed by atoms with van der Waals surface area (Å²) in [5.74, 6) is 1.16. The number of halogens is 1. The number of ether oxygens (including phenoxy) is 2. The van der Waals surface area contributed by atoms with E-state index in [-0.39, 0.29) is 30.2 Å². The van der Waals surface area contributed by atoms with Crippen LogP contribution in [0.1, 0.15) is 58.4 Å². The van der Waals surface area contributed by atoms with Crippen molar-refractivity contribution < 1.29 is 14.3 Å². The Labute approximate surface area is 199 Å². The highest BCUT2D eigenvalue weighted by Crippen LogP contribution is 2.45. The van der Waals surface area contributed by atoms with Crippen molar-refractivity contribution in [2.24, 2.45) is 11.7 Å². The Bertz CT molecular complexity index is 1120. The largest absolute Gasteiger partial charge is 0.484 e. The molecule has 0 spiro atoms. The maximum absolute atomic E-state index is 13.4. The lowest BCUT2D eigenvalue weighted by molar-refractivity contribution is 0.0314. The summed E-state index contributed by atoms with van der Waals surface area (Å²) in [7, 11) is 1.68. The lowest BCUT2D eigenvalue weighted by Crippen LogP contribution is -2.40. The van der Waals surface area contributed by atoms with Crippen molar-refractivity contribution in [3.05, 3.63) is 55.5 Å². The van der Waals surface area contributed by atoms with Crippen LogP contribution in [0.4, 0.5) is 0 Å². The number of rotatable bonds is 4. The van der Waals surface area contributed by atoms with Crippen LogP contribution >= 0.6 is 11.6 Å². The maximum Gasteiger partial charge on any atom is 0.254 e. The molecule has 0 unspecified atom stereocenters. The van der Waals surface area contributed by atoms with Gasteiger partial charge >= 0.3 is 0 Å². The van der Waals surface area contributed by atoms with E-state index in [0.717, 1.165) is 36.9 Å². The van der Waals surface area contributed by atoms with Crippen molar-refractivity contribution in [2.75, 3.05) is 13.7 Å². The van der Waals surface area contributed by atoms with Gasteiger partial charge in [0.2, 0.25) is 0 Å². The Morgan fingerprint density at radius 3 is 2.55 bits per heavy atom. The first-order valence-corrected chi connectivity index (χ1v) is 11.9. The number of aryl methyl sites for hydroxylation is 2. The van der Waals surface area contributed by atoms with E-state index < -0.39 is 0 Å². The van der Waals surface area contributed by atoms with Crippen LogP contribution in [0.25, 0.3) is 0 Å². The minimum absolute atomic E-state index is 0.0865. The third kappa shape index (κ3) is 4.75. The van der Waals surface area contributed by atoms with Crippen molar-refractivity contribution in [2.45, 2.75) is 65.1 Å². The zero-order chi connectivity index (χ0) is 23.9. The second-order valence-corrected chi connectivity index (χ2v) is 9.84. The summed E-state index contributed by atoms with van der Waals surface area (Å²) in [4.78, 5) is 30.1. The van der Waals surface area contributed by atoms with E-state index in [1.165, 1.54) is 4.90 Å². The second-order valence-electron chi connectivity index (χ2n) is 9.44. The highest BCUT2D eigenvalue weighted by atomic mass is 35.5. The first-order valence-electron chi connectivity index (χ1n) is 11.5. The molecule has 1 aromatic carbocycles. The predicted molar refractivity (Wildman–Crippen MR) is 128 cm³/mol. The Kier molecular flexibility index (Phi) is 6.73. The van der Waals surface area contributed by atoms with E-state index in [2.05, 4.69) is 4.98 Å². The van der Waals surface area contributed by atoms with Crippen LogP contribution in [0.5, 0.6) is 11.5 Å². The van der Waals surface area contributed by atoms with Crippen molar-refractivity contribution in [3.8, 4) is 11.5 Å². The molecule has 1 saturated carbocycles. The first-order chi connectivity index (χ1) is 15.7. The molecule has 2 aromatic rings. The van der Waals surface area contributed by atoms with Crippen LogP contribution < -0.4 is 20.8 Å². The molecule has 4 rings (SSSR count). The molecular formula is C25H32ClN3O4. The molecule has 8 heteroatoms. The number of hydrogen-bond donors (Lipinski definition) is 2. The third-order valence-electron chi connectivity index (χ3n) is 6.91. The zero-order valence-corrected chi connectivity index (χ0v) is 20.4. The monoisotopic (exact) mass is 473 g/mol. The molecule has 1 atom stereocenters. The number of aromatic nitrogens is 1. The second kappa shape index (κ2) is 9.39. The van der Waals surface area contributed by atoms with Gasteiger partial charge in [0, 0.05) is 35.5 Å². The number of H-pyrrole nitrogens is 1. The van der Waals surface area contributed by atoms with Crippen molar-refractivity contribution in [1.29, 1.82) is 0 Å². The molecule has 1 aromatic heterocycles. The number of benzene rings is 1. The van der Waals surface area contributed by atoms with Crippen LogP contribution in [0, 0.1) is 26.7 Å². The van der Waals surface area contributed by atoms with Gasteiger partial charge in [-0.25, -0.2) is 0 Å². The number of aromatic amines is 1. The van der Waals surface area contributed by atoms with Crippen LogP contribution in [0.2, 0.25) is 5.02 Å². The molecule has 0 saturated heterocycles. The van der Waals surface area contributed by atoms with Gasteiger partial charge in [-0.3, -0.25) is 9.59 Å². The van der Waals surface area contributed by atoms with Crippen LogP contribution in [-0.2, 0) is 6.54 Å². The lowest BCUT2D eigenvalue weighted by atomic mass is 9.83. The van der Waals surface area contributed by atoms with E-state index >= 15 is 0 Å². The molecule has 7 nitrogen and oxygen atoms in total. The minimum Gasteiger partial charge on any atom is -0.484 e. The van der Waals surface area contributed by atoms with Gasteiger partial charge in [-0.05, 0) is 70.1 Å². The van der Waals surface area contributed by atoms with E-state index in [1.54, 1.807) is 13.1 Å². The average Bonchev–Trinajstić information content (AvgIpc) is 2.78. The molecule has 0 bridgehead atoms. The number of nitrogens with one attached hydrogen (secondary N) is 1. The first kappa shape index (κ1) is 23.6. The fourth-order valence-corrected chi connectivity index (χ4v) is 5.14. The SMILES string of the molecule is Cc1cc(C)c(CN(C)C(=O)c2cc(Cl)c3c(c2C)O[C@@H](C2CCC(N)CC2)CO3)c(=O)[nH]1. The minimum atomic E-state index is -0.231. The van der Waals surface area contributed by atoms with E-state index in [1.807, 2.05) is 26.8 Å². The molecular weight excluding hydrogens is 442 g/mol. The molecule has 2 aliphatic rings. The Hall–Kier alpha value is -2.51. The maximum atomic E-state index is 13.4. The summed E-state index contributed by atoms with van der Waals surface area (Å²) >= 11 is 6.50. The molecule has 1 aliphatic carbocycles. The Morgan fingerprint density at radius 2 is 1.88 bits per heavy atom. The summed E-state index contributed by atoms with van der Waals surface area (Å²) in [6.07, 6.45) is 3.89. The van der Waals surface area contributed by atoms with Gasteiger partial charge in [-0.1, -0.05) is 11.6 Å². The standard InChI is InChI=1S/C25H32ClN3O4/c1-13-9-14(2)28-24(30)19(13)11-29(4)25(31)18-10-20(26)23-22(15(18)3)33-21(12-32-23)16-5-7-17(27)8-6-16/h9-10,16-17,21H,5-8,11-12,27H2,1-4H3,(H,28,30)/t16?,17?,21-/m1/s1. The molecule has 3 N–H and O–H groups in total. The predicted octanol–water partition coefficient (Wildman–Crippen LogP) is 3.88. The zero-order valence-electron chi connectivity index (χ0n) is 19.7. The summed E-state index contributed by atoms with van der Waals surface area (Å²) in [6.45, 7) is 6.19. The van der Waals surface area contributed by atoms with E-state index in [9.17, 15) is 9.59 Å². The van der Waals surface area contributed by atoms with E-state index in [4.69, 9.17) is 26.8 Å². The van der Waals surface area contributed by atoms with Gasteiger partial charge in [-0.15, -0.1) is 0 Å². The molecule has 1 aliphatic heterocycles. The number of fused-ring (bicyclic) bond motifs is 1. The van der Waals surface area contributed by atoms with E-state index in [0.29, 0.717) is 45.7 Å². The normalized spacial score (nSPS) is 22.2. The quantitative estimate of drug-likeness (QED) is 0.702. The number of hydrogen-bond acceptors (Lipinski definition) is 5. The Balaban J connectivity index is 1.58. The van der Waals surface area contributed by atoms with Crippen LogP contribution in [-0.4, -0.2) is 41.6 Å². The fraction of sp³-hybridized carbons (Fsp3) is 0.520. The lowest BCUT2D eigenvalue weighted by Gasteiger charge is -2.36. The number of amides is 1. The Morgan fingerprint density at radius 1 is 1.18 bits per heavy atom. The summed E-state index contributed by atoms with van der Waals surface area (Å²) < 4.78 is 12.4. The summed E-state index contributed by atoms with van der Waals surface area (Å²) in [5.41, 5.74) is 9.21. The number of pyridine rings is 1. The highest BCUT2D eigenvalue weighted by Gasteiger charge is 2.34. The number of carbonyl (C=O) groups excluding carboxylic acids is 1. The molecule has 0 radical (unpaired) electrons. The molecule has 178 valence electrons. The van der Waals surface area contributed by atoms with Crippen molar-refractivity contribution in [1.82, 2.24) is 9.88 Å². The number of nitrogens with zero attached hydrogens (tertiary/aromatic N) is 1. The smallest absolute Gasteiger partial charge is 0.254 e.